The van der Waals surface area contributed by atoms with Crippen molar-refractivity contribution >= 4 is 11.6 Å². The molecule has 0 aromatic rings. The number of nitrogens with one attached hydrogen (secondary N) is 1. The quantitative estimate of drug-likeness (QED) is 0.372. The van der Waals surface area contributed by atoms with Crippen LogP contribution in [-0.4, -0.2) is 83.9 Å². The SMILES string of the molecule is CCNCO.O=C1C=C(N2CC2)C(=O)C(N2CC2)=C1N1CC1. The van der Waals surface area contributed by atoms with Gasteiger partial charge in [0.15, 0.2) is 0 Å². The lowest BCUT2D eigenvalue weighted by Gasteiger charge is -2.21. The fourth-order valence-electron chi connectivity index (χ4n) is 2.39. The van der Waals surface area contributed by atoms with Gasteiger partial charge in [0.1, 0.15) is 11.4 Å². The largest absolute Gasteiger partial charge is 0.381 e. The third-order valence-electron chi connectivity index (χ3n) is 3.85. The van der Waals surface area contributed by atoms with E-state index < -0.39 is 0 Å². The molecule has 3 saturated heterocycles. The van der Waals surface area contributed by atoms with Crippen LogP contribution in [-0.2, 0) is 9.59 Å². The number of aliphatic hydroxyl groups is 1. The highest BCUT2D eigenvalue weighted by Gasteiger charge is 2.43. The van der Waals surface area contributed by atoms with Gasteiger partial charge in [0.2, 0.25) is 11.6 Å². The summed E-state index contributed by atoms with van der Waals surface area (Å²) in [6.45, 7) is 8.28. The van der Waals surface area contributed by atoms with E-state index in [1.165, 1.54) is 6.08 Å². The molecule has 0 aromatic carbocycles. The van der Waals surface area contributed by atoms with Crippen molar-refractivity contribution in [2.75, 3.05) is 52.5 Å². The van der Waals surface area contributed by atoms with Crippen molar-refractivity contribution in [2.24, 2.45) is 0 Å². The topological polar surface area (TPSA) is 75.4 Å². The molecular weight excluding hydrogens is 284 g/mol. The Bertz CT molecular complexity index is 541. The van der Waals surface area contributed by atoms with Gasteiger partial charge in [-0.3, -0.25) is 14.9 Å². The van der Waals surface area contributed by atoms with Gasteiger partial charge < -0.3 is 19.8 Å². The second kappa shape index (κ2) is 6.10. The minimum absolute atomic E-state index is 0.00546. The van der Waals surface area contributed by atoms with Crippen LogP contribution in [0.5, 0.6) is 0 Å². The van der Waals surface area contributed by atoms with Crippen LogP contribution in [0.15, 0.2) is 23.2 Å². The van der Waals surface area contributed by atoms with Crippen LogP contribution in [0, 0.1) is 0 Å². The molecule has 0 aromatic heterocycles. The number of allylic oxidation sites excluding steroid dienone is 1. The first-order chi connectivity index (χ1) is 10.7. The highest BCUT2D eigenvalue weighted by Crippen LogP contribution is 2.33. The van der Waals surface area contributed by atoms with E-state index in [9.17, 15) is 9.59 Å². The summed E-state index contributed by atoms with van der Waals surface area (Å²) in [6.07, 6.45) is 1.52. The van der Waals surface area contributed by atoms with E-state index >= 15 is 0 Å². The van der Waals surface area contributed by atoms with Gasteiger partial charge in [0.25, 0.3) is 0 Å². The molecule has 0 unspecified atom stereocenters. The fraction of sp³-hybridized carbons (Fsp3) is 0.600. The van der Waals surface area contributed by atoms with Crippen molar-refractivity contribution in [3.63, 3.8) is 0 Å². The first-order valence-corrected chi connectivity index (χ1v) is 7.78. The van der Waals surface area contributed by atoms with Crippen LogP contribution in [0.4, 0.5) is 0 Å². The maximum Gasteiger partial charge on any atom is 0.227 e. The molecule has 4 aliphatic rings. The van der Waals surface area contributed by atoms with E-state index in [1.807, 2.05) is 21.6 Å². The molecule has 0 spiro atoms. The third-order valence-corrected chi connectivity index (χ3v) is 3.85. The average molecular weight is 306 g/mol. The monoisotopic (exact) mass is 306 g/mol. The Morgan fingerprint density at radius 3 is 1.95 bits per heavy atom. The van der Waals surface area contributed by atoms with E-state index in [2.05, 4.69) is 5.32 Å². The number of Topliss-reactive ketones (excluding diaryl/α,β-unsaturated/α-hetero) is 1. The van der Waals surface area contributed by atoms with E-state index in [0.717, 1.165) is 45.8 Å². The lowest BCUT2D eigenvalue weighted by molar-refractivity contribution is -0.117. The van der Waals surface area contributed by atoms with Crippen LogP contribution in [0.2, 0.25) is 0 Å². The second-order valence-corrected chi connectivity index (χ2v) is 5.64. The molecule has 120 valence electrons. The summed E-state index contributed by atoms with van der Waals surface area (Å²) in [6, 6.07) is 0. The van der Waals surface area contributed by atoms with Crippen molar-refractivity contribution in [1.82, 2.24) is 20.0 Å². The average Bonchev–Trinajstić information content (AvgIpc) is 3.37. The lowest BCUT2D eigenvalue weighted by atomic mass is 10.0. The van der Waals surface area contributed by atoms with Crippen LogP contribution in [0.1, 0.15) is 6.92 Å². The van der Waals surface area contributed by atoms with E-state index in [-0.39, 0.29) is 18.3 Å². The summed E-state index contributed by atoms with van der Waals surface area (Å²) in [5.41, 5.74) is 1.89. The van der Waals surface area contributed by atoms with Gasteiger partial charge in [0.05, 0.1) is 12.4 Å². The Morgan fingerprint density at radius 1 is 1.00 bits per heavy atom. The second-order valence-electron chi connectivity index (χ2n) is 5.64. The molecule has 0 atom stereocenters. The van der Waals surface area contributed by atoms with Gasteiger partial charge in [-0.05, 0) is 6.54 Å². The summed E-state index contributed by atoms with van der Waals surface area (Å²) in [7, 11) is 0. The van der Waals surface area contributed by atoms with Crippen molar-refractivity contribution < 1.29 is 14.7 Å². The van der Waals surface area contributed by atoms with Crippen molar-refractivity contribution in [3.05, 3.63) is 23.2 Å². The molecule has 3 heterocycles. The molecule has 7 nitrogen and oxygen atoms in total. The number of carbonyl (C=O) groups is 2. The molecule has 3 aliphatic heterocycles. The van der Waals surface area contributed by atoms with Gasteiger partial charge in [-0.1, -0.05) is 6.92 Å². The molecule has 0 bridgehead atoms. The van der Waals surface area contributed by atoms with Crippen LogP contribution < -0.4 is 5.32 Å². The zero-order valence-electron chi connectivity index (χ0n) is 12.8. The summed E-state index contributed by atoms with van der Waals surface area (Å²) >= 11 is 0. The van der Waals surface area contributed by atoms with Gasteiger partial charge in [0, 0.05) is 45.3 Å². The Hall–Kier alpha value is -1.86. The summed E-state index contributed by atoms with van der Waals surface area (Å²) in [5.74, 6) is 0.0485. The Labute approximate surface area is 129 Å². The van der Waals surface area contributed by atoms with Crippen LogP contribution in [0.3, 0.4) is 0 Å². The predicted octanol–water partition coefficient (Wildman–Crippen LogP) is -1.27. The lowest BCUT2D eigenvalue weighted by Crippen LogP contribution is -2.29. The summed E-state index contributed by atoms with van der Waals surface area (Å²) in [5, 5.41) is 10.6. The molecule has 4 rings (SSSR count). The number of hydrogen-bond acceptors (Lipinski definition) is 7. The molecular formula is C15H22N4O3. The molecule has 2 N–H and O–H groups in total. The molecule has 7 heteroatoms. The maximum atomic E-state index is 12.4. The Balaban J connectivity index is 0.000000254. The molecule has 0 saturated carbocycles. The highest BCUT2D eigenvalue weighted by atomic mass is 16.3. The maximum absolute atomic E-state index is 12.4. The Kier molecular flexibility index (Phi) is 4.17. The van der Waals surface area contributed by atoms with Crippen LogP contribution in [0.25, 0.3) is 0 Å². The van der Waals surface area contributed by atoms with Crippen molar-refractivity contribution in [3.8, 4) is 0 Å². The first kappa shape index (κ1) is 15.1. The predicted molar refractivity (Wildman–Crippen MR) is 80.6 cm³/mol. The van der Waals surface area contributed by atoms with Crippen molar-refractivity contribution in [1.29, 1.82) is 0 Å². The molecule has 0 amide bonds. The smallest absolute Gasteiger partial charge is 0.227 e. The molecule has 1 aliphatic carbocycles. The van der Waals surface area contributed by atoms with E-state index in [4.69, 9.17) is 5.11 Å². The zero-order valence-corrected chi connectivity index (χ0v) is 12.8. The molecule has 0 radical (unpaired) electrons. The van der Waals surface area contributed by atoms with Gasteiger partial charge in [-0.25, -0.2) is 0 Å². The number of rotatable bonds is 5. The van der Waals surface area contributed by atoms with Crippen LogP contribution >= 0.6 is 0 Å². The number of nitrogens with zero attached hydrogens (tertiary/aromatic N) is 3. The van der Waals surface area contributed by atoms with Gasteiger partial charge >= 0.3 is 0 Å². The zero-order chi connectivity index (χ0) is 15.7. The summed E-state index contributed by atoms with van der Waals surface area (Å²) in [4.78, 5) is 30.5. The summed E-state index contributed by atoms with van der Waals surface area (Å²) < 4.78 is 0. The van der Waals surface area contributed by atoms with E-state index in [1.54, 1.807) is 0 Å². The van der Waals surface area contributed by atoms with Gasteiger partial charge in [-0.2, -0.15) is 0 Å². The number of hydrogen-bond donors (Lipinski definition) is 2. The molecule has 22 heavy (non-hydrogen) atoms. The van der Waals surface area contributed by atoms with E-state index in [0.29, 0.717) is 17.1 Å². The number of aliphatic hydroxyl groups excluding tert-OH is 1. The number of carbonyl (C=O) groups excluding carboxylic acids is 2. The first-order valence-electron chi connectivity index (χ1n) is 7.78. The minimum atomic E-state index is 0.00546. The third kappa shape index (κ3) is 3.15. The number of ketones is 2. The standard InChI is InChI=1S/C12H13N3O2.C3H9NO/c16-9-7-8(13-1-2-13)12(17)11(15-5-6-15)10(9)14-3-4-14;1-2-4-3-5/h7H,1-6H2;4-5H,2-3H2,1H3. The van der Waals surface area contributed by atoms with Crippen molar-refractivity contribution in [2.45, 2.75) is 6.92 Å². The van der Waals surface area contributed by atoms with Gasteiger partial charge in [-0.15, -0.1) is 0 Å². The molecule has 3 fully saturated rings. The highest BCUT2D eigenvalue weighted by molar-refractivity contribution is 6.22. The Morgan fingerprint density at radius 2 is 1.55 bits per heavy atom. The normalized spacial score (nSPS) is 22.5. The fourth-order valence-corrected chi connectivity index (χ4v) is 2.39. The minimum Gasteiger partial charge on any atom is -0.381 e.